The molecule has 0 atom stereocenters. The van der Waals surface area contributed by atoms with E-state index in [0.717, 1.165) is 16.8 Å². The molecule has 0 unspecified atom stereocenters. The molecule has 0 saturated heterocycles. The number of nitrogens with zero attached hydrogens (tertiary/aromatic N) is 2. The summed E-state index contributed by atoms with van der Waals surface area (Å²) in [6, 6.07) is 24.9. The van der Waals surface area contributed by atoms with E-state index in [1.54, 1.807) is 30.3 Å². The summed E-state index contributed by atoms with van der Waals surface area (Å²) >= 11 is 0. The summed E-state index contributed by atoms with van der Waals surface area (Å²) in [5, 5.41) is 14.4. The number of rotatable bonds is 6. The molecule has 1 heterocycles. The van der Waals surface area contributed by atoms with Gasteiger partial charge in [-0.1, -0.05) is 29.8 Å². The van der Waals surface area contributed by atoms with Crippen LogP contribution in [-0.2, 0) is 6.54 Å². The third-order valence-corrected chi connectivity index (χ3v) is 4.80. The Hall–Kier alpha value is -4.06. The Morgan fingerprint density at radius 2 is 1.55 bits per heavy atom. The number of hydrogen-bond acceptors (Lipinski definition) is 4. The third-order valence-electron chi connectivity index (χ3n) is 4.80. The fourth-order valence-corrected chi connectivity index (χ4v) is 3.02. The number of halogens is 1. The van der Waals surface area contributed by atoms with Gasteiger partial charge in [0, 0.05) is 23.4 Å². The Kier molecular flexibility index (Phi) is 5.98. The van der Waals surface area contributed by atoms with Crippen LogP contribution < -0.4 is 10.6 Å². The molecule has 0 spiro atoms. The SMILES string of the molecule is Cc1ccc(CNC(=O)c2ccc(Nc3ccc(-c4ccc(F)cc4)nn3)cc2)cc1. The maximum Gasteiger partial charge on any atom is 0.251 e. The average Bonchev–Trinajstić information content (AvgIpc) is 2.80. The number of nitrogens with one attached hydrogen (secondary N) is 2. The molecule has 0 aliphatic carbocycles. The lowest BCUT2D eigenvalue weighted by molar-refractivity contribution is 0.0951. The van der Waals surface area contributed by atoms with Gasteiger partial charge in [-0.2, -0.15) is 0 Å². The lowest BCUT2D eigenvalue weighted by Gasteiger charge is -2.08. The summed E-state index contributed by atoms with van der Waals surface area (Å²) in [6.45, 7) is 2.51. The molecule has 6 heteroatoms. The summed E-state index contributed by atoms with van der Waals surface area (Å²) in [4.78, 5) is 12.4. The summed E-state index contributed by atoms with van der Waals surface area (Å²) in [6.07, 6.45) is 0. The van der Waals surface area contributed by atoms with E-state index in [2.05, 4.69) is 20.8 Å². The van der Waals surface area contributed by atoms with E-state index in [9.17, 15) is 9.18 Å². The Labute approximate surface area is 180 Å². The Balaban J connectivity index is 1.35. The standard InChI is InChI=1S/C25H21FN4O/c1-17-2-4-18(5-3-17)16-27-25(31)20-8-12-22(13-9-20)28-24-15-14-23(29-30-24)19-6-10-21(26)11-7-19/h2-15H,16H2,1H3,(H,27,31)(H,28,30). The molecule has 0 aliphatic heterocycles. The van der Waals surface area contributed by atoms with E-state index in [4.69, 9.17) is 0 Å². The number of amides is 1. The normalized spacial score (nSPS) is 10.5. The molecule has 31 heavy (non-hydrogen) atoms. The first-order valence-electron chi connectivity index (χ1n) is 9.87. The van der Waals surface area contributed by atoms with Crippen molar-refractivity contribution in [1.82, 2.24) is 15.5 Å². The Morgan fingerprint density at radius 1 is 0.839 bits per heavy atom. The number of aryl methyl sites for hydroxylation is 1. The molecule has 4 rings (SSSR count). The van der Waals surface area contributed by atoms with Crippen molar-refractivity contribution in [1.29, 1.82) is 0 Å². The predicted molar refractivity (Wildman–Crippen MR) is 119 cm³/mol. The molecule has 1 aromatic heterocycles. The highest BCUT2D eigenvalue weighted by Crippen LogP contribution is 2.20. The van der Waals surface area contributed by atoms with Crippen molar-refractivity contribution in [2.75, 3.05) is 5.32 Å². The summed E-state index contributed by atoms with van der Waals surface area (Å²) < 4.78 is 13.1. The quantitative estimate of drug-likeness (QED) is 0.453. The molecule has 0 saturated carbocycles. The number of carbonyl (C=O) groups excluding carboxylic acids is 1. The maximum absolute atomic E-state index is 13.1. The van der Waals surface area contributed by atoms with Crippen molar-refractivity contribution in [2.24, 2.45) is 0 Å². The molecular formula is C25H21FN4O. The van der Waals surface area contributed by atoms with Crippen LogP contribution in [0.25, 0.3) is 11.3 Å². The van der Waals surface area contributed by atoms with Crippen molar-refractivity contribution < 1.29 is 9.18 Å². The third kappa shape index (κ3) is 5.30. The second kappa shape index (κ2) is 9.17. The van der Waals surface area contributed by atoms with Crippen molar-refractivity contribution >= 4 is 17.4 Å². The molecule has 0 radical (unpaired) electrons. The number of anilines is 2. The van der Waals surface area contributed by atoms with Gasteiger partial charge in [0.1, 0.15) is 5.82 Å². The van der Waals surface area contributed by atoms with E-state index in [0.29, 0.717) is 23.6 Å². The van der Waals surface area contributed by atoms with Crippen LogP contribution in [0.2, 0.25) is 0 Å². The van der Waals surface area contributed by atoms with Gasteiger partial charge in [-0.3, -0.25) is 4.79 Å². The summed E-state index contributed by atoms with van der Waals surface area (Å²) in [7, 11) is 0. The highest BCUT2D eigenvalue weighted by Gasteiger charge is 2.06. The fraction of sp³-hybridized carbons (Fsp3) is 0.0800. The minimum atomic E-state index is -0.290. The molecule has 2 N–H and O–H groups in total. The first-order chi connectivity index (χ1) is 15.1. The number of aromatic nitrogens is 2. The lowest BCUT2D eigenvalue weighted by Crippen LogP contribution is -2.22. The topological polar surface area (TPSA) is 66.9 Å². The van der Waals surface area contributed by atoms with Crippen molar-refractivity contribution in [3.8, 4) is 11.3 Å². The van der Waals surface area contributed by atoms with Gasteiger partial charge in [0.2, 0.25) is 0 Å². The smallest absolute Gasteiger partial charge is 0.251 e. The Morgan fingerprint density at radius 3 is 2.19 bits per heavy atom. The van der Waals surface area contributed by atoms with Gasteiger partial charge in [0.15, 0.2) is 5.82 Å². The monoisotopic (exact) mass is 412 g/mol. The van der Waals surface area contributed by atoms with E-state index in [1.807, 2.05) is 49.4 Å². The minimum Gasteiger partial charge on any atom is -0.348 e. The molecule has 0 bridgehead atoms. The van der Waals surface area contributed by atoms with Gasteiger partial charge < -0.3 is 10.6 Å². The zero-order valence-corrected chi connectivity index (χ0v) is 17.0. The van der Waals surface area contributed by atoms with E-state index in [-0.39, 0.29) is 11.7 Å². The molecule has 3 aromatic carbocycles. The highest BCUT2D eigenvalue weighted by molar-refractivity contribution is 5.94. The van der Waals surface area contributed by atoms with Crippen LogP contribution in [0.5, 0.6) is 0 Å². The van der Waals surface area contributed by atoms with Crippen molar-refractivity contribution in [3.05, 3.63) is 107 Å². The molecular weight excluding hydrogens is 391 g/mol. The minimum absolute atomic E-state index is 0.129. The van der Waals surface area contributed by atoms with Crippen LogP contribution in [-0.4, -0.2) is 16.1 Å². The molecule has 5 nitrogen and oxygen atoms in total. The van der Waals surface area contributed by atoms with Gasteiger partial charge in [0.05, 0.1) is 5.69 Å². The predicted octanol–water partition coefficient (Wildman–Crippen LogP) is 5.26. The largest absolute Gasteiger partial charge is 0.348 e. The van der Waals surface area contributed by atoms with Crippen molar-refractivity contribution in [3.63, 3.8) is 0 Å². The zero-order chi connectivity index (χ0) is 21.6. The molecule has 1 amide bonds. The average molecular weight is 412 g/mol. The number of carbonyl (C=O) groups is 1. The molecule has 0 fully saturated rings. The number of hydrogen-bond donors (Lipinski definition) is 2. The van der Waals surface area contributed by atoms with Crippen LogP contribution in [0.4, 0.5) is 15.9 Å². The summed E-state index contributed by atoms with van der Waals surface area (Å²) in [5.41, 5.74) is 5.06. The number of benzene rings is 3. The molecule has 0 aliphatic rings. The second-order valence-electron chi connectivity index (χ2n) is 7.18. The maximum atomic E-state index is 13.1. The van der Waals surface area contributed by atoms with Crippen LogP contribution in [0.1, 0.15) is 21.5 Å². The zero-order valence-electron chi connectivity index (χ0n) is 17.0. The van der Waals surface area contributed by atoms with Crippen LogP contribution in [0.15, 0.2) is 84.9 Å². The molecule has 4 aromatic rings. The van der Waals surface area contributed by atoms with Crippen LogP contribution >= 0.6 is 0 Å². The van der Waals surface area contributed by atoms with E-state index >= 15 is 0 Å². The molecule has 154 valence electrons. The lowest BCUT2D eigenvalue weighted by atomic mass is 10.1. The highest BCUT2D eigenvalue weighted by atomic mass is 19.1. The van der Waals surface area contributed by atoms with E-state index < -0.39 is 0 Å². The van der Waals surface area contributed by atoms with Crippen molar-refractivity contribution in [2.45, 2.75) is 13.5 Å². The van der Waals surface area contributed by atoms with E-state index in [1.165, 1.54) is 17.7 Å². The second-order valence-corrected chi connectivity index (χ2v) is 7.18. The Bertz CT molecular complexity index is 1160. The summed E-state index contributed by atoms with van der Waals surface area (Å²) in [5.74, 6) is 0.153. The van der Waals surface area contributed by atoms with Gasteiger partial charge in [-0.05, 0) is 73.2 Å². The first-order valence-corrected chi connectivity index (χ1v) is 9.87. The van der Waals surface area contributed by atoms with Gasteiger partial charge in [-0.25, -0.2) is 4.39 Å². The van der Waals surface area contributed by atoms with Gasteiger partial charge in [0.25, 0.3) is 5.91 Å². The van der Waals surface area contributed by atoms with Gasteiger partial charge >= 0.3 is 0 Å². The van der Waals surface area contributed by atoms with Crippen LogP contribution in [0.3, 0.4) is 0 Å². The van der Waals surface area contributed by atoms with Gasteiger partial charge in [-0.15, -0.1) is 10.2 Å². The van der Waals surface area contributed by atoms with Crippen LogP contribution in [0, 0.1) is 12.7 Å². The first kappa shape index (κ1) is 20.2. The fourth-order valence-electron chi connectivity index (χ4n) is 3.02.